The average molecular weight is 198 g/mol. The molecule has 0 N–H and O–H groups in total. The van der Waals surface area contributed by atoms with Crippen LogP contribution in [0.4, 0.5) is 0 Å². The lowest BCUT2D eigenvalue weighted by Gasteiger charge is -2.24. The molecule has 0 bridgehead atoms. The van der Waals surface area contributed by atoms with Crippen molar-refractivity contribution in [2.75, 3.05) is 32.7 Å². The van der Waals surface area contributed by atoms with Crippen LogP contribution in [0.25, 0.3) is 0 Å². The summed E-state index contributed by atoms with van der Waals surface area (Å²) >= 11 is 0. The smallest absolute Gasteiger partial charge is 0.0112 e. The number of hydrogen-bond acceptors (Lipinski definition) is 2. The van der Waals surface area contributed by atoms with E-state index in [1.165, 1.54) is 52.0 Å². The van der Waals surface area contributed by atoms with Crippen molar-refractivity contribution in [3.05, 3.63) is 0 Å². The topological polar surface area (TPSA) is 6.48 Å². The van der Waals surface area contributed by atoms with E-state index in [0.717, 1.165) is 6.04 Å². The maximum Gasteiger partial charge on any atom is 0.0112 e. The molecular formula is C12H26N2. The summed E-state index contributed by atoms with van der Waals surface area (Å²) in [5.41, 5.74) is 0. The molecule has 0 unspecified atom stereocenters. The summed E-state index contributed by atoms with van der Waals surface area (Å²) in [6.45, 7) is 13.3. The number of hydrogen-bond donors (Lipinski definition) is 0. The van der Waals surface area contributed by atoms with Gasteiger partial charge in [0.2, 0.25) is 0 Å². The van der Waals surface area contributed by atoms with Crippen molar-refractivity contribution in [3.63, 3.8) is 0 Å². The Bertz CT molecular complexity index is 145. The Morgan fingerprint density at radius 3 is 2.50 bits per heavy atom. The number of rotatable bonds is 4. The zero-order valence-electron chi connectivity index (χ0n) is 10.1. The van der Waals surface area contributed by atoms with E-state index in [1.54, 1.807) is 0 Å². The number of nitrogens with zero attached hydrogens (tertiary/aromatic N) is 2. The first-order valence-corrected chi connectivity index (χ1v) is 6.20. The first kappa shape index (κ1) is 12.0. The minimum absolute atomic E-state index is 0.723. The molecule has 84 valence electrons. The van der Waals surface area contributed by atoms with Gasteiger partial charge >= 0.3 is 0 Å². The van der Waals surface area contributed by atoms with Gasteiger partial charge in [-0.15, -0.1) is 0 Å². The zero-order valence-corrected chi connectivity index (χ0v) is 10.1. The van der Waals surface area contributed by atoms with Crippen molar-refractivity contribution in [3.8, 4) is 0 Å². The van der Waals surface area contributed by atoms with Gasteiger partial charge in [0.25, 0.3) is 0 Å². The third kappa shape index (κ3) is 3.97. The fraction of sp³-hybridized carbons (Fsp3) is 1.00. The summed E-state index contributed by atoms with van der Waals surface area (Å²) in [6.07, 6.45) is 4.04. The van der Waals surface area contributed by atoms with Crippen LogP contribution in [0.1, 0.15) is 40.0 Å². The lowest BCUT2D eigenvalue weighted by Crippen LogP contribution is -2.35. The van der Waals surface area contributed by atoms with Crippen LogP contribution < -0.4 is 0 Å². The van der Waals surface area contributed by atoms with Gasteiger partial charge in [0.05, 0.1) is 0 Å². The zero-order chi connectivity index (χ0) is 10.4. The van der Waals surface area contributed by atoms with Crippen molar-refractivity contribution in [2.45, 2.75) is 46.1 Å². The Balaban J connectivity index is 2.26. The molecule has 1 aliphatic rings. The van der Waals surface area contributed by atoms with Gasteiger partial charge in [0.1, 0.15) is 0 Å². The monoisotopic (exact) mass is 198 g/mol. The molecule has 1 heterocycles. The lowest BCUT2D eigenvalue weighted by atomic mass is 10.3. The molecule has 1 fully saturated rings. The molecule has 0 saturated carbocycles. The van der Waals surface area contributed by atoms with Gasteiger partial charge in [-0.05, 0) is 46.3 Å². The summed E-state index contributed by atoms with van der Waals surface area (Å²) in [5.74, 6) is 0. The van der Waals surface area contributed by atoms with E-state index in [4.69, 9.17) is 0 Å². The number of unbranched alkanes of at least 4 members (excludes halogenated alkanes) is 1. The molecule has 0 aliphatic carbocycles. The summed E-state index contributed by atoms with van der Waals surface area (Å²) in [5, 5.41) is 0. The third-order valence-electron chi connectivity index (χ3n) is 3.18. The van der Waals surface area contributed by atoms with Crippen molar-refractivity contribution < 1.29 is 0 Å². The summed E-state index contributed by atoms with van der Waals surface area (Å²) in [7, 11) is 0. The van der Waals surface area contributed by atoms with E-state index in [0.29, 0.717) is 0 Å². The first-order chi connectivity index (χ1) is 6.74. The van der Waals surface area contributed by atoms with Gasteiger partial charge in [0, 0.05) is 19.1 Å². The molecule has 0 aromatic carbocycles. The first-order valence-electron chi connectivity index (χ1n) is 6.20. The SMILES string of the molecule is CCCCN1CCCN(C(C)C)CC1. The van der Waals surface area contributed by atoms with Crippen LogP contribution in [0.15, 0.2) is 0 Å². The minimum atomic E-state index is 0.723. The lowest BCUT2D eigenvalue weighted by molar-refractivity contribution is 0.219. The second-order valence-corrected chi connectivity index (χ2v) is 4.68. The van der Waals surface area contributed by atoms with Crippen molar-refractivity contribution in [1.82, 2.24) is 9.80 Å². The van der Waals surface area contributed by atoms with E-state index >= 15 is 0 Å². The molecule has 0 atom stereocenters. The standard InChI is InChI=1S/C12H26N2/c1-4-5-7-13-8-6-9-14(11-10-13)12(2)3/h12H,4-11H2,1-3H3. The molecule has 1 saturated heterocycles. The van der Waals surface area contributed by atoms with Gasteiger partial charge in [0.15, 0.2) is 0 Å². The Hall–Kier alpha value is -0.0800. The van der Waals surface area contributed by atoms with E-state index in [2.05, 4.69) is 30.6 Å². The van der Waals surface area contributed by atoms with E-state index in [-0.39, 0.29) is 0 Å². The van der Waals surface area contributed by atoms with Crippen LogP contribution in [0.3, 0.4) is 0 Å². The second-order valence-electron chi connectivity index (χ2n) is 4.68. The molecule has 0 amide bonds. The van der Waals surface area contributed by atoms with Gasteiger partial charge in [-0.3, -0.25) is 4.90 Å². The van der Waals surface area contributed by atoms with Crippen LogP contribution in [-0.2, 0) is 0 Å². The quantitative estimate of drug-likeness (QED) is 0.683. The van der Waals surface area contributed by atoms with Crippen LogP contribution >= 0.6 is 0 Å². The molecule has 0 aromatic rings. The summed E-state index contributed by atoms with van der Waals surface area (Å²) in [4.78, 5) is 5.23. The van der Waals surface area contributed by atoms with Crippen LogP contribution in [0.5, 0.6) is 0 Å². The molecule has 0 radical (unpaired) electrons. The molecule has 14 heavy (non-hydrogen) atoms. The molecule has 2 nitrogen and oxygen atoms in total. The molecular weight excluding hydrogens is 172 g/mol. The third-order valence-corrected chi connectivity index (χ3v) is 3.18. The predicted molar refractivity (Wildman–Crippen MR) is 62.7 cm³/mol. The molecule has 1 aliphatic heterocycles. The maximum absolute atomic E-state index is 2.63. The minimum Gasteiger partial charge on any atom is -0.302 e. The summed E-state index contributed by atoms with van der Waals surface area (Å²) < 4.78 is 0. The normalized spacial score (nSPS) is 21.4. The molecule has 1 rings (SSSR count). The predicted octanol–water partition coefficient (Wildman–Crippen LogP) is 2.20. The summed E-state index contributed by atoms with van der Waals surface area (Å²) in [6, 6.07) is 0.723. The van der Waals surface area contributed by atoms with Crippen molar-refractivity contribution in [2.24, 2.45) is 0 Å². The largest absolute Gasteiger partial charge is 0.302 e. The van der Waals surface area contributed by atoms with Gasteiger partial charge in [-0.25, -0.2) is 0 Å². The van der Waals surface area contributed by atoms with Crippen LogP contribution in [0, 0.1) is 0 Å². The highest BCUT2D eigenvalue weighted by molar-refractivity contribution is 4.71. The highest BCUT2D eigenvalue weighted by Gasteiger charge is 2.15. The Morgan fingerprint density at radius 1 is 1.07 bits per heavy atom. The highest BCUT2D eigenvalue weighted by Crippen LogP contribution is 2.07. The molecule has 0 spiro atoms. The molecule has 0 aromatic heterocycles. The Kier molecular flexibility index (Phi) is 5.49. The van der Waals surface area contributed by atoms with Crippen LogP contribution in [0.2, 0.25) is 0 Å². The van der Waals surface area contributed by atoms with Gasteiger partial charge in [-0.1, -0.05) is 13.3 Å². The van der Waals surface area contributed by atoms with Gasteiger partial charge in [-0.2, -0.15) is 0 Å². The second kappa shape index (κ2) is 6.41. The Morgan fingerprint density at radius 2 is 1.86 bits per heavy atom. The van der Waals surface area contributed by atoms with E-state index < -0.39 is 0 Å². The average Bonchev–Trinajstić information content (AvgIpc) is 2.39. The van der Waals surface area contributed by atoms with Gasteiger partial charge < -0.3 is 4.90 Å². The maximum atomic E-state index is 2.63. The Labute approximate surface area is 89.3 Å². The van der Waals surface area contributed by atoms with Crippen molar-refractivity contribution >= 4 is 0 Å². The van der Waals surface area contributed by atoms with E-state index in [9.17, 15) is 0 Å². The van der Waals surface area contributed by atoms with Crippen LogP contribution in [-0.4, -0.2) is 48.6 Å². The fourth-order valence-electron chi connectivity index (χ4n) is 2.11. The molecule has 2 heteroatoms. The van der Waals surface area contributed by atoms with E-state index in [1.807, 2.05) is 0 Å². The van der Waals surface area contributed by atoms with Crippen molar-refractivity contribution in [1.29, 1.82) is 0 Å². The fourth-order valence-corrected chi connectivity index (χ4v) is 2.11. The highest BCUT2D eigenvalue weighted by atomic mass is 15.2.